The van der Waals surface area contributed by atoms with Gasteiger partial charge in [0.2, 0.25) is 0 Å². The minimum atomic E-state index is -1.33. The van der Waals surface area contributed by atoms with Gasteiger partial charge in [0.15, 0.2) is 0 Å². The molecule has 2 heterocycles. The van der Waals surface area contributed by atoms with E-state index in [0.29, 0.717) is 0 Å². The summed E-state index contributed by atoms with van der Waals surface area (Å²) in [4.78, 5) is 0. The molecule has 1 nitrogen and oxygen atoms in total. The number of rotatable bonds is 7. The number of hydrogen-bond acceptors (Lipinski definition) is 0. The zero-order chi connectivity index (χ0) is 41.0. The molecule has 12 rings (SSSR count). The summed E-state index contributed by atoms with van der Waals surface area (Å²) in [6.07, 6.45) is 0. The van der Waals surface area contributed by atoms with Gasteiger partial charge in [-0.15, -0.1) is 0 Å². The Hall–Kier alpha value is -7.78. The summed E-state index contributed by atoms with van der Waals surface area (Å²) >= 11 is 0. The predicted octanol–water partition coefficient (Wildman–Crippen LogP) is 13.6. The molecule has 1 aromatic heterocycles. The average Bonchev–Trinajstić information content (AvgIpc) is 3.89. The standard InChI is InChI=1S/C60H42NSi/c1-4-10-40(11-5-1)43-16-22-46(23-17-43)49-29-34-57-55(36-49)56-37-50(47-24-18-44(19-25-47)41-12-6-2-7-13-41)30-35-58(56)61(57)52-31-33-54-53-32-28-51(38-59(53)62-60(54)39-52)48-26-20-45(21-27-48)42-14-8-3-9-15-42/h1-39H,62H3/q-1. The molecule has 1 aliphatic rings. The van der Waals surface area contributed by atoms with Crippen LogP contribution in [-0.2, 0) is 0 Å². The van der Waals surface area contributed by atoms with Gasteiger partial charge in [0.05, 0.1) is 0 Å². The Bertz CT molecular complexity index is 3280. The van der Waals surface area contributed by atoms with E-state index in [4.69, 9.17) is 0 Å². The van der Waals surface area contributed by atoms with Crippen molar-refractivity contribution in [3.05, 3.63) is 237 Å². The third kappa shape index (κ3) is 6.41. The van der Waals surface area contributed by atoms with Crippen LogP contribution >= 0.6 is 0 Å². The van der Waals surface area contributed by atoms with Crippen LogP contribution in [0.5, 0.6) is 0 Å². The molecule has 0 saturated carbocycles. The molecular formula is C60H42NSi-. The van der Waals surface area contributed by atoms with E-state index in [9.17, 15) is 0 Å². The molecule has 0 saturated heterocycles. The van der Waals surface area contributed by atoms with Crippen molar-refractivity contribution >= 4 is 41.7 Å². The van der Waals surface area contributed by atoms with Gasteiger partial charge in [-0.25, -0.2) is 0 Å². The summed E-state index contributed by atoms with van der Waals surface area (Å²) in [6, 6.07) is 87.5. The van der Waals surface area contributed by atoms with Crippen molar-refractivity contribution in [3.8, 4) is 83.6 Å². The van der Waals surface area contributed by atoms with Crippen molar-refractivity contribution in [3.63, 3.8) is 0 Å². The Morgan fingerprint density at radius 1 is 0.242 bits per heavy atom. The van der Waals surface area contributed by atoms with Gasteiger partial charge in [-0.2, -0.15) is 0 Å². The Morgan fingerprint density at radius 3 is 0.968 bits per heavy atom. The van der Waals surface area contributed by atoms with Crippen LogP contribution in [0.4, 0.5) is 0 Å². The Morgan fingerprint density at radius 2 is 0.548 bits per heavy atom. The molecule has 0 N–H and O–H groups in total. The van der Waals surface area contributed by atoms with Gasteiger partial charge in [-0.3, -0.25) is 0 Å². The van der Waals surface area contributed by atoms with Gasteiger partial charge >= 0.3 is 295 Å². The predicted molar refractivity (Wildman–Crippen MR) is 268 cm³/mol. The number of hydrogen-bond donors (Lipinski definition) is 0. The maximum absolute atomic E-state index is 2.51. The Balaban J connectivity index is 0.924. The van der Waals surface area contributed by atoms with Crippen molar-refractivity contribution in [2.24, 2.45) is 0 Å². The van der Waals surface area contributed by atoms with Crippen LogP contribution in [0.3, 0.4) is 0 Å². The van der Waals surface area contributed by atoms with Crippen LogP contribution in [0.15, 0.2) is 237 Å². The van der Waals surface area contributed by atoms with E-state index >= 15 is 0 Å². The summed E-state index contributed by atoms with van der Waals surface area (Å²) in [7, 11) is -1.33. The van der Waals surface area contributed by atoms with E-state index in [1.807, 2.05) is 0 Å². The van der Waals surface area contributed by atoms with E-state index < -0.39 is 9.52 Å². The molecule has 2 heteroatoms. The topological polar surface area (TPSA) is 4.93 Å². The molecule has 0 amide bonds. The number of benzene rings is 10. The quantitative estimate of drug-likeness (QED) is 0.141. The molecule has 0 atom stereocenters. The normalized spacial score (nSPS) is 11.9. The second-order valence-corrected chi connectivity index (χ2v) is 19.6. The maximum atomic E-state index is 2.51. The van der Waals surface area contributed by atoms with E-state index in [1.54, 1.807) is 10.4 Å². The van der Waals surface area contributed by atoms with Crippen LogP contribution in [0.2, 0.25) is 0 Å². The Kier molecular flexibility index (Phi) is 8.76. The summed E-state index contributed by atoms with van der Waals surface area (Å²) in [6.45, 7) is 0. The Labute approximate surface area is 364 Å². The third-order valence-corrected chi connectivity index (χ3v) is 16.0. The van der Waals surface area contributed by atoms with E-state index in [1.165, 1.54) is 105 Å². The van der Waals surface area contributed by atoms with Gasteiger partial charge in [0, 0.05) is 0 Å². The molecule has 0 aliphatic carbocycles. The van der Waals surface area contributed by atoms with Crippen molar-refractivity contribution in [1.82, 2.24) is 4.57 Å². The summed E-state index contributed by atoms with van der Waals surface area (Å²) in [5.41, 5.74) is 21.4. The van der Waals surface area contributed by atoms with E-state index in [0.717, 1.165) is 0 Å². The van der Waals surface area contributed by atoms with Crippen molar-refractivity contribution < 1.29 is 0 Å². The van der Waals surface area contributed by atoms with Crippen LogP contribution in [0.25, 0.3) is 105 Å². The number of aromatic nitrogens is 1. The van der Waals surface area contributed by atoms with Crippen molar-refractivity contribution in [2.45, 2.75) is 0 Å². The van der Waals surface area contributed by atoms with Crippen molar-refractivity contribution in [1.29, 1.82) is 0 Å². The van der Waals surface area contributed by atoms with Crippen molar-refractivity contribution in [2.75, 3.05) is 0 Å². The third-order valence-electron chi connectivity index (χ3n) is 13.3. The van der Waals surface area contributed by atoms with Crippen LogP contribution in [0, 0.1) is 0 Å². The molecular weight excluding hydrogens is 763 g/mol. The molecule has 0 radical (unpaired) electrons. The molecule has 0 bridgehead atoms. The fraction of sp³-hybridized carbons (Fsp3) is 0. The zero-order valence-electron chi connectivity index (χ0n) is 34.5. The monoisotopic (exact) mass is 804 g/mol. The minimum absolute atomic E-state index is 1.22. The van der Waals surface area contributed by atoms with Gasteiger partial charge < -0.3 is 0 Å². The second kappa shape index (κ2) is 15.0. The van der Waals surface area contributed by atoms with Crippen LogP contribution in [-0.4, -0.2) is 14.1 Å². The number of nitrogens with zero attached hydrogens (tertiary/aromatic N) is 1. The van der Waals surface area contributed by atoms with Gasteiger partial charge in [-0.05, 0) is 11.1 Å². The van der Waals surface area contributed by atoms with Gasteiger partial charge in [-0.1, -0.05) is 60.7 Å². The van der Waals surface area contributed by atoms with E-state index in [2.05, 4.69) is 241 Å². The molecule has 292 valence electrons. The first-order valence-corrected chi connectivity index (χ1v) is 23.8. The first kappa shape index (κ1) is 36.1. The fourth-order valence-corrected chi connectivity index (χ4v) is 12.9. The summed E-state index contributed by atoms with van der Waals surface area (Å²) < 4.78 is 2.50. The number of fused-ring (bicyclic) bond motifs is 6. The van der Waals surface area contributed by atoms with Gasteiger partial charge in [0.1, 0.15) is 0 Å². The van der Waals surface area contributed by atoms with Gasteiger partial charge in [0.25, 0.3) is 0 Å². The first-order valence-electron chi connectivity index (χ1n) is 21.8. The molecule has 0 fully saturated rings. The van der Waals surface area contributed by atoms with Crippen LogP contribution < -0.4 is 10.4 Å². The molecule has 0 unspecified atom stereocenters. The first-order chi connectivity index (χ1) is 30.7. The molecule has 11 aromatic rings. The SMILES string of the molecule is c1ccc(-c2ccc(-c3ccc4c(c3)[SiH3-]c3cc(-n5c6ccc(-c7ccc(-c8ccccc8)cc7)cc6c6cc(-c7ccc(-c8ccccc8)cc7)ccc65)ccc3-4)cc2)cc1. The van der Waals surface area contributed by atoms with E-state index in [-0.39, 0.29) is 0 Å². The van der Waals surface area contributed by atoms with Crippen LogP contribution in [0.1, 0.15) is 0 Å². The molecule has 62 heavy (non-hydrogen) atoms. The zero-order valence-corrected chi connectivity index (χ0v) is 36.5. The summed E-state index contributed by atoms with van der Waals surface area (Å²) in [5.74, 6) is 0. The molecule has 0 spiro atoms. The average molecular weight is 805 g/mol. The second-order valence-electron chi connectivity index (χ2n) is 16.9. The fourth-order valence-electron chi connectivity index (χ4n) is 10.1. The molecule has 10 aromatic carbocycles. The summed E-state index contributed by atoms with van der Waals surface area (Å²) in [5, 5.41) is 5.67. The molecule has 1 aliphatic heterocycles.